The Morgan fingerprint density at radius 1 is 1.00 bits per heavy atom. The number of aliphatic imine (C=N–C) groups is 1. The Balaban J connectivity index is 1.62. The summed E-state index contributed by atoms with van der Waals surface area (Å²) >= 11 is 0. The molecule has 1 aliphatic carbocycles. The molecule has 3 aromatic rings. The highest BCUT2D eigenvalue weighted by Gasteiger charge is 2.19. The van der Waals surface area contributed by atoms with Crippen LogP contribution in [0.15, 0.2) is 95.5 Å². The Morgan fingerprint density at radius 2 is 1.75 bits per heavy atom. The van der Waals surface area contributed by atoms with Crippen molar-refractivity contribution in [1.82, 2.24) is 0 Å². The van der Waals surface area contributed by atoms with Gasteiger partial charge in [-0.05, 0) is 29.5 Å². The van der Waals surface area contributed by atoms with E-state index >= 15 is 0 Å². The third kappa shape index (κ3) is 3.29. The monoisotopic (exact) mass is 363 g/mol. The molecule has 134 valence electrons. The number of hydrogen-bond acceptors (Lipinski definition) is 3. The molecule has 3 N–H and O–H groups in total. The van der Waals surface area contributed by atoms with E-state index < -0.39 is 0 Å². The van der Waals surface area contributed by atoms with E-state index in [4.69, 9.17) is 5.73 Å². The van der Waals surface area contributed by atoms with Crippen molar-refractivity contribution in [3.63, 3.8) is 0 Å². The van der Waals surface area contributed by atoms with E-state index in [0.29, 0.717) is 28.2 Å². The van der Waals surface area contributed by atoms with Gasteiger partial charge in [0.1, 0.15) is 5.71 Å². The maximum Gasteiger partial charge on any atom is 0.257 e. The summed E-state index contributed by atoms with van der Waals surface area (Å²) in [5.41, 5.74) is 9.13. The highest BCUT2D eigenvalue weighted by molar-refractivity contribution is 6.25. The van der Waals surface area contributed by atoms with Crippen LogP contribution in [0.25, 0.3) is 10.8 Å². The van der Waals surface area contributed by atoms with Crippen LogP contribution < -0.4 is 11.1 Å². The lowest BCUT2D eigenvalue weighted by Crippen LogP contribution is -2.20. The maximum atomic E-state index is 12.9. The number of carbonyl (C=O) groups excluding carboxylic acids is 1. The molecule has 4 nitrogen and oxygen atoms in total. The summed E-state index contributed by atoms with van der Waals surface area (Å²) in [6.07, 6.45) is 1.57. The molecule has 0 fully saturated rings. The number of para-hydroxylation sites is 2. The number of nitrogens with two attached hydrogens (primary N) is 1. The number of amides is 1. The summed E-state index contributed by atoms with van der Waals surface area (Å²) in [7, 11) is 0. The first-order valence-electron chi connectivity index (χ1n) is 8.77. The van der Waals surface area contributed by atoms with Gasteiger partial charge in [0.15, 0.2) is 0 Å². The summed E-state index contributed by atoms with van der Waals surface area (Å²) in [4.78, 5) is 17.4. The van der Waals surface area contributed by atoms with Crippen LogP contribution in [0.2, 0.25) is 0 Å². The van der Waals surface area contributed by atoms with Gasteiger partial charge in [-0.25, -0.2) is 4.99 Å². The van der Waals surface area contributed by atoms with E-state index in [-0.39, 0.29) is 5.91 Å². The molecule has 0 unspecified atom stereocenters. The molecule has 4 heteroatoms. The van der Waals surface area contributed by atoms with Crippen molar-refractivity contribution in [3.05, 3.63) is 90.5 Å². The largest absolute Gasteiger partial charge is 0.397 e. The number of nitrogen functional groups attached to an aromatic ring is 1. The summed E-state index contributed by atoms with van der Waals surface area (Å²) in [5.74, 6) is 5.49. The molecule has 0 bridgehead atoms. The number of hydrogen-bond donors (Lipinski definition) is 2. The van der Waals surface area contributed by atoms with Gasteiger partial charge in [-0.1, -0.05) is 61.0 Å². The molecule has 0 radical (unpaired) electrons. The van der Waals surface area contributed by atoms with Gasteiger partial charge in [0.05, 0.1) is 16.9 Å². The van der Waals surface area contributed by atoms with Crippen molar-refractivity contribution in [2.45, 2.75) is 0 Å². The Morgan fingerprint density at radius 3 is 2.61 bits per heavy atom. The fraction of sp³-hybridized carbons (Fsp3) is 0. The molecule has 0 aromatic heterocycles. The summed E-state index contributed by atoms with van der Waals surface area (Å²) < 4.78 is 0. The molecule has 4 rings (SSSR count). The molecule has 1 amide bonds. The van der Waals surface area contributed by atoms with Gasteiger partial charge in [-0.2, -0.15) is 0 Å². The van der Waals surface area contributed by atoms with E-state index in [1.54, 1.807) is 18.2 Å². The number of fused-ring (bicyclic) bond motifs is 1. The van der Waals surface area contributed by atoms with Crippen LogP contribution in [0.5, 0.6) is 0 Å². The van der Waals surface area contributed by atoms with E-state index in [2.05, 4.69) is 28.7 Å². The molecule has 0 heterocycles. The first-order valence-corrected chi connectivity index (χ1v) is 8.77. The standard InChI is InChI=1S/C24H17N3O/c1-16-18(11-7-14-21(16)26-23-13-5-4-12-20(23)25)24(28)27-22-15-6-9-17-8-2-3-10-19(17)22/h2-6,8-13,15H,1,25H2,(H,27,28). The van der Waals surface area contributed by atoms with Crippen LogP contribution in [-0.4, -0.2) is 11.6 Å². The van der Waals surface area contributed by atoms with Crippen LogP contribution >= 0.6 is 0 Å². The zero-order valence-electron chi connectivity index (χ0n) is 15.1. The number of nitrogens with one attached hydrogen (secondary N) is 1. The van der Waals surface area contributed by atoms with Gasteiger partial charge in [0.25, 0.3) is 5.91 Å². The van der Waals surface area contributed by atoms with Crippen LogP contribution in [0.3, 0.4) is 0 Å². The first kappa shape index (κ1) is 17.3. The van der Waals surface area contributed by atoms with Crippen LogP contribution in [0.4, 0.5) is 17.1 Å². The van der Waals surface area contributed by atoms with Crippen molar-refractivity contribution in [2.75, 3.05) is 11.1 Å². The molecule has 1 aliphatic rings. The SMILES string of the molecule is C=C1C(C(=O)Nc2cccc3ccccc23)=CC#CC1=Nc1ccccc1N. The van der Waals surface area contributed by atoms with Crippen molar-refractivity contribution in [2.24, 2.45) is 4.99 Å². The minimum atomic E-state index is -0.274. The Hall–Kier alpha value is -4.10. The van der Waals surface area contributed by atoms with Gasteiger partial charge in [0, 0.05) is 22.7 Å². The lowest BCUT2D eigenvalue weighted by Gasteiger charge is -2.14. The third-order valence-corrected chi connectivity index (χ3v) is 4.47. The average Bonchev–Trinajstić information content (AvgIpc) is 2.71. The maximum absolute atomic E-state index is 12.9. The normalized spacial score (nSPS) is 14.4. The Labute approximate surface area is 163 Å². The number of rotatable bonds is 3. The van der Waals surface area contributed by atoms with Gasteiger partial charge in [-0.15, -0.1) is 0 Å². The molecule has 0 saturated heterocycles. The molecule has 0 aliphatic heterocycles. The second-order valence-electron chi connectivity index (χ2n) is 6.31. The van der Waals surface area contributed by atoms with E-state index in [9.17, 15) is 4.79 Å². The zero-order valence-corrected chi connectivity index (χ0v) is 15.1. The van der Waals surface area contributed by atoms with Crippen molar-refractivity contribution in [3.8, 4) is 11.8 Å². The smallest absolute Gasteiger partial charge is 0.257 e. The number of allylic oxidation sites excluding steroid dienone is 1. The predicted molar refractivity (Wildman–Crippen MR) is 116 cm³/mol. The van der Waals surface area contributed by atoms with Gasteiger partial charge < -0.3 is 11.1 Å². The molecule has 3 aromatic carbocycles. The molecular formula is C24H17N3O. The second-order valence-corrected chi connectivity index (χ2v) is 6.31. The lowest BCUT2D eigenvalue weighted by molar-refractivity contribution is -0.112. The van der Waals surface area contributed by atoms with Gasteiger partial charge in [0.2, 0.25) is 0 Å². The predicted octanol–water partition coefficient (Wildman–Crippen LogP) is 4.63. The molecule has 0 saturated carbocycles. The summed E-state index contributed by atoms with van der Waals surface area (Å²) in [6, 6.07) is 20.9. The Bertz CT molecular complexity index is 1230. The van der Waals surface area contributed by atoms with Crippen LogP contribution in [0.1, 0.15) is 0 Å². The zero-order chi connectivity index (χ0) is 19.5. The number of carbonyl (C=O) groups is 1. The van der Waals surface area contributed by atoms with Crippen LogP contribution in [0, 0.1) is 11.8 Å². The quantitative estimate of drug-likeness (QED) is 0.526. The summed E-state index contributed by atoms with van der Waals surface area (Å²) in [6.45, 7) is 4.02. The fourth-order valence-electron chi connectivity index (χ4n) is 3.00. The average molecular weight is 363 g/mol. The topological polar surface area (TPSA) is 67.5 Å². The highest BCUT2D eigenvalue weighted by Crippen LogP contribution is 2.26. The second kappa shape index (κ2) is 7.26. The number of benzene rings is 3. The van der Waals surface area contributed by atoms with Crippen molar-refractivity contribution in [1.29, 1.82) is 0 Å². The lowest BCUT2D eigenvalue weighted by atomic mass is 9.98. The van der Waals surface area contributed by atoms with Crippen LogP contribution in [-0.2, 0) is 4.79 Å². The number of anilines is 2. The highest BCUT2D eigenvalue weighted by atomic mass is 16.1. The third-order valence-electron chi connectivity index (χ3n) is 4.47. The minimum absolute atomic E-state index is 0.274. The van der Waals surface area contributed by atoms with E-state index in [0.717, 1.165) is 16.5 Å². The van der Waals surface area contributed by atoms with E-state index in [1.165, 1.54) is 0 Å². The molecule has 0 atom stereocenters. The molecule has 0 spiro atoms. The van der Waals surface area contributed by atoms with Crippen molar-refractivity contribution >= 4 is 39.5 Å². The van der Waals surface area contributed by atoms with Gasteiger partial charge >= 0.3 is 0 Å². The van der Waals surface area contributed by atoms with Gasteiger partial charge in [-0.3, -0.25) is 4.79 Å². The fourth-order valence-corrected chi connectivity index (χ4v) is 3.00. The molecule has 28 heavy (non-hydrogen) atoms. The van der Waals surface area contributed by atoms with Crippen molar-refractivity contribution < 1.29 is 4.79 Å². The van der Waals surface area contributed by atoms with E-state index in [1.807, 2.05) is 54.6 Å². The minimum Gasteiger partial charge on any atom is -0.397 e. The first-order chi connectivity index (χ1) is 13.6. The summed E-state index contributed by atoms with van der Waals surface area (Å²) in [5, 5.41) is 4.99. The number of nitrogens with zero attached hydrogens (tertiary/aromatic N) is 1. The Kier molecular flexibility index (Phi) is 4.49. The molecular weight excluding hydrogens is 346 g/mol.